The first kappa shape index (κ1) is 18.4. The number of rotatable bonds is 6. The summed E-state index contributed by atoms with van der Waals surface area (Å²) in [5.41, 5.74) is 16.1. The van der Waals surface area contributed by atoms with E-state index < -0.39 is 0 Å². The zero-order chi connectivity index (χ0) is 19.2. The van der Waals surface area contributed by atoms with Gasteiger partial charge in [0.15, 0.2) is 6.79 Å². The second-order valence-electron chi connectivity index (χ2n) is 5.88. The highest BCUT2D eigenvalue weighted by molar-refractivity contribution is 5.81. The topological polar surface area (TPSA) is 107 Å². The molecule has 0 aliphatic heterocycles. The summed E-state index contributed by atoms with van der Waals surface area (Å²) in [5, 5.41) is 9.58. The number of nitriles is 1. The van der Waals surface area contributed by atoms with Crippen molar-refractivity contribution in [2.24, 2.45) is 5.73 Å². The molecule has 4 N–H and O–H groups in total. The van der Waals surface area contributed by atoms with Gasteiger partial charge in [0.1, 0.15) is 23.2 Å². The van der Waals surface area contributed by atoms with Crippen molar-refractivity contribution in [3.05, 3.63) is 65.7 Å². The summed E-state index contributed by atoms with van der Waals surface area (Å²) in [4.78, 5) is 4.42. The maximum absolute atomic E-state index is 9.58. The molecule has 6 heteroatoms. The van der Waals surface area contributed by atoms with Crippen molar-refractivity contribution in [3.8, 4) is 34.2 Å². The molecule has 1 heterocycles. The van der Waals surface area contributed by atoms with Crippen LogP contribution in [0.1, 0.15) is 11.1 Å². The molecule has 6 nitrogen and oxygen atoms in total. The molecule has 0 amide bonds. The lowest BCUT2D eigenvalue weighted by atomic mass is 9.97. The number of aromatic nitrogens is 1. The molecule has 2 aromatic carbocycles. The zero-order valence-electron chi connectivity index (χ0n) is 15.0. The number of nitrogens with two attached hydrogens (primary N) is 2. The van der Waals surface area contributed by atoms with Crippen LogP contribution in [-0.4, -0.2) is 18.9 Å². The van der Waals surface area contributed by atoms with Gasteiger partial charge in [-0.15, -0.1) is 0 Å². The molecule has 3 rings (SSSR count). The van der Waals surface area contributed by atoms with E-state index in [0.29, 0.717) is 29.1 Å². The Kier molecular flexibility index (Phi) is 5.67. The van der Waals surface area contributed by atoms with Gasteiger partial charge in [-0.1, -0.05) is 30.3 Å². The number of methoxy groups -OCH3 is 1. The van der Waals surface area contributed by atoms with Gasteiger partial charge in [-0.05, 0) is 35.4 Å². The third-order valence-corrected chi connectivity index (χ3v) is 4.13. The molecule has 0 fully saturated rings. The highest BCUT2D eigenvalue weighted by atomic mass is 16.7. The van der Waals surface area contributed by atoms with Gasteiger partial charge in [-0.3, -0.25) is 0 Å². The van der Waals surface area contributed by atoms with Gasteiger partial charge < -0.3 is 20.9 Å². The Bertz CT molecular complexity index is 996. The lowest BCUT2D eigenvalue weighted by molar-refractivity contribution is 0.0515. The number of hydrogen-bond acceptors (Lipinski definition) is 6. The van der Waals surface area contributed by atoms with Crippen molar-refractivity contribution in [2.75, 3.05) is 19.6 Å². The molecule has 27 heavy (non-hydrogen) atoms. The predicted molar refractivity (Wildman–Crippen MR) is 105 cm³/mol. The van der Waals surface area contributed by atoms with Gasteiger partial charge in [-0.2, -0.15) is 5.26 Å². The molecule has 0 atom stereocenters. The van der Waals surface area contributed by atoms with Crippen molar-refractivity contribution in [3.63, 3.8) is 0 Å². The fourth-order valence-electron chi connectivity index (χ4n) is 2.84. The quantitative estimate of drug-likeness (QED) is 0.653. The second-order valence-corrected chi connectivity index (χ2v) is 5.88. The van der Waals surface area contributed by atoms with Crippen LogP contribution >= 0.6 is 0 Å². The van der Waals surface area contributed by atoms with Gasteiger partial charge in [0.25, 0.3) is 0 Å². The van der Waals surface area contributed by atoms with E-state index in [1.54, 1.807) is 7.11 Å². The van der Waals surface area contributed by atoms with Gasteiger partial charge in [-0.25, -0.2) is 4.98 Å². The lowest BCUT2D eigenvalue weighted by Crippen LogP contribution is -2.03. The molecular formula is C21H20N4O2. The third kappa shape index (κ3) is 3.90. The molecule has 0 spiro atoms. The number of ether oxygens (including phenoxy) is 2. The Morgan fingerprint density at radius 2 is 1.89 bits per heavy atom. The number of para-hydroxylation sites is 1. The fourth-order valence-corrected chi connectivity index (χ4v) is 2.84. The molecule has 0 bridgehead atoms. The SMILES string of the molecule is COCOc1ccccc1-c1cc(-c2cccc(CN)c2)c(C#N)c(N)n1. The molecule has 0 radical (unpaired) electrons. The number of benzene rings is 2. The minimum atomic E-state index is 0.119. The molecule has 0 aliphatic rings. The van der Waals surface area contributed by atoms with E-state index in [-0.39, 0.29) is 12.6 Å². The predicted octanol–water partition coefficient (Wildman–Crippen LogP) is 3.31. The zero-order valence-corrected chi connectivity index (χ0v) is 15.0. The maximum atomic E-state index is 9.58. The van der Waals surface area contributed by atoms with E-state index in [0.717, 1.165) is 16.7 Å². The van der Waals surface area contributed by atoms with Crippen molar-refractivity contribution in [2.45, 2.75) is 6.54 Å². The summed E-state index contributed by atoms with van der Waals surface area (Å²) in [6.07, 6.45) is 0. The van der Waals surface area contributed by atoms with Gasteiger partial charge in [0.2, 0.25) is 0 Å². The van der Waals surface area contributed by atoms with Crippen LogP contribution in [0.15, 0.2) is 54.6 Å². The third-order valence-electron chi connectivity index (χ3n) is 4.13. The summed E-state index contributed by atoms with van der Waals surface area (Å²) in [6.45, 7) is 0.533. The Hall–Kier alpha value is -3.40. The monoisotopic (exact) mass is 360 g/mol. The van der Waals surface area contributed by atoms with Crippen LogP contribution in [0, 0.1) is 11.3 Å². The van der Waals surface area contributed by atoms with E-state index >= 15 is 0 Å². The highest BCUT2D eigenvalue weighted by Crippen LogP contribution is 2.35. The average Bonchev–Trinajstić information content (AvgIpc) is 2.72. The Morgan fingerprint density at radius 1 is 1.07 bits per heavy atom. The van der Waals surface area contributed by atoms with Crippen LogP contribution in [0.5, 0.6) is 5.75 Å². The number of hydrogen-bond donors (Lipinski definition) is 2. The van der Waals surface area contributed by atoms with Gasteiger partial charge in [0, 0.05) is 24.8 Å². The molecule has 1 aromatic heterocycles. The van der Waals surface area contributed by atoms with E-state index in [1.807, 2.05) is 54.6 Å². The lowest BCUT2D eigenvalue weighted by Gasteiger charge is -2.14. The molecule has 0 saturated heterocycles. The van der Waals surface area contributed by atoms with Crippen LogP contribution in [0.25, 0.3) is 22.4 Å². The normalized spacial score (nSPS) is 10.4. The van der Waals surface area contributed by atoms with Crippen LogP contribution < -0.4 is 16.2 Å². The average molecular weight is 360 g/mol. The smallest absolute Gasteiger partial charge is 0.188 e. The van der Waals surface area contributed by atoms with Gasteiger partial charge in [0.05, 0.1) is 5.69 Å². The van der Waals surface area contributed by atoms with E-state index in [2.05, 4.69) is 11.1 Å². The fraction of sp³-hybridized carbons (Fsp3) is 0.143. The summed E-state index contributed by atoms with van der Waals surface area (Å²) < 4.78 is 10.6. The number of nitrogens with zero attached hydrogens (tertiary/aromatic N) is 2. The molecule has 0 unspecified atom stereocenters. The molecule has 0 saturated carbocycles. The largest absolute Gasteiger partial charge is 0.467 e. The first-order chi connectivity index (χ1) is 13.2. The van der Waals surface area contributed by atoms with E-state index in [4.69, 9.17) is 20.9 Å². The number of pyridine rings is 1. The summed E-state index contributed by atoms with van der Waals surface area (Å²) >= 11 is 0. The number of anilines is 1. The van der Waals surface area contributed by atoms with Crippen molar-refractivity contribution in [1.82, 2.24) is 4.98 Å². The molecular weight excluding hydrogens is 340 g/mol. The van der Waals surface area contributed by atoms with Crippen molar-refractivity contribution < 1.29 is 9.47 Å². The van der Waals surface area contributed by atoms with Crippen LogP contribution in [0.2, 0.25) is 0 Å². The number of nitrogen functional groups attached to an aromatic ring is 1. The standard InChI is InChI=1S/C21H20N4O2/c1-26-13-27-20-8-3-2-7-16(20)19-10-17(18(12-23)21(24)25-19)15-6-4-5-14(9-15)11-22/h2-10H,11,13,22H2,1H3,(H2,24,25). The minimum Gasteiger partial charge on any atom is -0.467 e. The minimum absolute atomic E-state index is 0.119. The maximum Gasteiger partial charge on any atom is 0.188 e. The summed E-state index contributed by atoms with van der Waals surface area (Å²) in [5.74, 6) is 0.794. The molecule has 136 valence electrons. The molecule has 3 aromatic rings. The van der Waals surface area contributed by atoms with E-state index in [9.17, 15) is 5.26 Å². The van der Waals surface area contributed by atoms with Crippen LogP contribution in [-0.2, 0) is 11.3 Å². The van der Waals surface area contributed by atoms with E-state index in [1.165, 1.54) is 0 Å². The molecule has 0 aliphatic carbocycles. The first-order valence-corrected chi connectivity index (χ1v) is 8.39. The highest BCUT2D eigenvalue weighted by Gasteiger charge is 2.16. The van der Waals surface area contributed by atoms with Crippen molar-refractivity contribution >= 4 is 5.82 Å². The van der Waals surface area contributed by atoms with Crippen LogP contribution in [0.3, 0.4) is 0 Å². The Labute approximate surface area is 158 Å². The Morgan fingerprint density at radius 3 is 2.63 bits per heavy atom. The first-order valence-electron chi connectivity index (χ1n) is 8.39. The van der Waals surface area contributed by atoms with Crippen molar-refractivity contribution in [1.29, 1.82) is 5.26 Å². The summed E-state index contributed by atoms with van der Waals surface area (Å²) in [6, 6.07) is 19.2. The summed E-state index contributed by atoms with van der Waals surface area (Å²) in [7, 11) is 1.56. The Balaban J connectivity index is 2.17. The van der Waals surface area contributed by atoms with Gasteiger partial charge >= 0.3 is 0 Å². The second kappa shape index (κ2) is 8.32. The van der Waals surface area contributed by atoms with Crippen LogP contribution in [0.4, 0.5) is 5.82 Å².